The van der Waals surface area contributed by atoms with Crippen molar-refractivity contribution in [1.82, 2.24) is 4.57 Å². The Bertz CT molecular complexity index is 1360. The van der Waals surface area contributed by atoms with Crippen molar-refractivity contribution in [2.45, 2.75) is 19.8 Å². The van der Waals surface area contributed by atoms with E-state index >= 15 is 0 Å². The minimum absolute atomic E-state index is 0.0938. The van der Waals surface area contributed by atoms with Crippen molar-refractivity contribution in [2.24, 2.45) is 0 Å². The lowest BCUT2D eigenvalue weighted by Crippen LogP contribution is -2.13. The van der Waals surface area contributed by atoms with Gasteiger partial charge < -0.3 is 9.84 Å². The van der Waals surface area contributed by atoms with Gasteiger partial charge in [-0.3, -0.25) is 14.2 Å². The standard InChI is InChI=1S/C27H22N2O4/c1-18-15-24-22(16-26(30)31)3-2-4-25(24)29(18)27(32)21-9-11-23(12-10-21)33-14-13-19-5-7-20(17-28)8-6-19/h2-12,15H,13-14,16H2,1H3,(H,30,31). The average Bonchev–Trinajstić information content (AvgIpc) is 3.16. The molecule has 6 nitrogen and oxygen atoms in total. The second-order valence-electron chi connectivity index (χ2n) is 7.78. The monoisotopic (exact) mass is 438 g/mol. The Kier molecular flexibility index (Phi) is 6.23. The number of carboxylic acids is 1. The topological polar surface area (TPSA) is 92.3 Å². The summed E-state index contributed by atoms with van der Waals surface area (Å²) in [6, 6.07) is 23.7. The molecule has 33 heavy (non-hydrogen) atoms. The first-order valence-corrected chi connectivity index (χ1v) is 10.5. The summed E-state index contributed by atoms with van der Waals surface area (Å²) in [6.45, 7) is 2.32. The molecular formula is C27H22N2O4. The molecule has 0 aliphatic rings. The predicted molar refractivity (Wildman–Crippen MR) is 125 cm³/mol. The number of rotatable bonds is 7. The van der Waals surface area contributed by atoms with Crippen LogP contribution in [0.15, 0.2) is 72.8 Å². The Morgan fingerprint density at radius 2 is 1.76 bits per heavy atom. The lowest BCUT2D eigenvalue weighted by atomic mass is 10.1. The number of fused-ring (bicyclic) bond motifs is 1. The van der Waals surface area contributed by atoms with Crippen LogP contribution in [-0.4, -0.2) is 28.2 Å². The third-order valence-corrected chi connectivity index (χ3v) is 5.51. The van der Waals surface area contributed by atoms with E-state index < -0.39 is 5.97 Å². The van der Waals surface area contributed by atoms with E-state index in [9.17, 15) is 9.59 Å². The van der Waals surface area contributed by atoms with Gasteiger partial charge in [-0.15, -0.1) is 0 Å². The van der Waals surface area contributed by atoms with Gasteiger partial charge in [-0.25, -0.2) is 0 Å². The highest BCUT2D eigenvalue weighted by Crippen LogP contribution is 2.25. The first-order chi connectivity index (χ1) is 16.0. The van der Waals surface area contributed by atoms with Gasteiger partial charge in [0.05, 0.1) is 30.2 Å². The molecule has 0 fully saturated rings. The molecule has 0 bridgehead atoms. The van der Waals surface area contributed by atoms with Gasteiger partial charge in [0.25, 0.3) is 5.91 Å². The Morgan fingerprint density at radius 3 is 2.42 bits per heavy atom. The van der Waals surface area contributed by atoms with Crippen molar-refractivity contribution in [1.29, 1.82) is 5.26 Å². The Balaban J connectivity index is 1.47. The van der Waals surface area contributed by atoms with E-state index in [-0.39, 0.29) is 12.3 Å². The average molecular weight is 438 g/mol. The SMILES string of the molecule is Cc1cc2c(CC(=O)O)cccc2n1C(=O)c1ccc(OCCc2ccc(C#N)cc2)cc1. The van der Waals surface area contributed by atoms with Crippen molar-refractivity contribution >= 4 is 22.8 Å². The first-order valence-electron chi connectivity index (χ1n) is 10.5. The zero-order valence-corrected chi connectivity index (χ0v) is 18.1. The van der Waals surface area contributed by atoms with Gasteiger partial charge in [0, 0.05) is 23.1 Å². The molecular weight excluding hydrogens is 416 g/mol. The molecule has 1 N–H and O–H groups in total. The summed E-state index contributed by atoms with van der Waals surface area (Å²) in [6.07, 6.45) is 0.614. The van der Waals surface area contributed by atoms with E-state index in [0.717, 1.165) is 16.6 Å². The molecule has 3 aromatic carbocycles. The van der Waals surface area contributed by atoms with Crippen LogP contribution in [0.3, 0.4) is 0 Å². The second-order valence-corrected chi connectivity index (χ2v) is 7.78. The highest BCUT2D eigenvalue weighted by atomic mass is 16.5. The molecule has 0 saturated heterocycles. The third kappa shape index (κ3) is 4.78. The highest BCUT2D eigenvalue weighted by Gasteiger charge is 2.17. The molecule has 1 heterocycles. The van der Waals surface area contributed by atoms with Crippen LogP contribution in [0.25, 0.3) is 10.9 Å². The summed E-state index contributed by atoms with van der Waals surface area (Å²) in [7, 11) is 0. The molecule has 6 heteroatoms. The summed E-state index contributed by atoms with van der Waals surface area (Å²) in [5.41, 5.74) is 4.34. The number of aliphatic carboxylic acids is 1. The van der Waals surface area contributed by atoms with Crippen LogP contribution in [0.4, 0.5) is 0 Å². The minimum Gasteiger partial charge on any atom is -0.493 e. The van der Waals surface area contributed by atoms with E-state index in [2.05, 4.69) is 6.07 Å². The Hall–Kier alpha value is -4.37. The fourth-order valence-electron chi connectivity index (χ4n) is 3.87. The fourth-order valence-corrected chi connectivity index (χ4v) is 3.87. The summed E-state index contributed by atoms with van der Waals surface area (Å²) in [5, 5.41) is 18.8. The molecule has 4 rings (SSSR count). The molecule has 0 unspecified atom stereocenters. The Morgan fingerprint density at radius 1 is 1.03 bits per heavy atom. The van der Waals surface area contributed by atoms with Gasteiger partial charge >= 0.3 is 5.97 Å². The van der Waals surface area contributed by atoms with Crippen LogP contribution in [0.2, 0.25) is 0 Å². The minimum atomic E-state index is -0.908. The van der Waals surface area contributed by atoms with E-state index in [1.165, 1.54) is 0 Å². The van der Waals surface area contributed by atoms with E-state index in [4.69, 9.17) is 15.1 Å². The van der Waals surface area contributed by atoms with Crippen molar-refractivity contribution in [3.8, 4) is 11.8 Å². The second kappa shape index (κ2) is 9.41. The Labute approximate surface area is 191 Å². The number of hydrogen-bond acceptors (Lipinski definition) is 4. The maximum Gasteiger partial charge on any atom is 0.307 e. The number of ether oxygens (including phenoxy) is 1. The number of aryl methyl sites for hydroxylation is 1. The number of carbonyl (C=O) groups is 2. The van der Waals surface area contributed by atoms with E-state index in [1.54, 1.807) is 53.1 Å². The van der Waals surface area contributed by atoms with Gasteiger partial charge in [-0.1, -0.05) is 24.3 Å². The van der Waals surface area contributed by atoms with Crippen molar-refractivity contribution in [3.63, 3.8) is 0 Å². The normalized spacial score (nSPS) is 10.7. The molecule has 0 aliphatic carbocycles. The largest absolute Gasteiger partial charge is 0.493 e. The highest BCUT2D eigenvalue weighted by molar-refractivity contribution is 6.04. The predicted octanol–water partition coefficient (Wildman–Crippen LogP) is 4.76. The van der Waals surface area contributed by atoms with Crippen LogP contribution in [-0.2, 0) is 17.6 Å². The van der Waals surface area contributed by atoms with Crippen LogP contribution in [0.1, 0.15) is 32.7 Å². The van der Waals surface area contributed by atoms with Gasteiger partial charge in [0.1, 0.15) is 5.75 Å². The number of carbonyl (C=O) groups excluding carboxylic acids is 1. The van der Waals surface area contributed by atoms with E-state index in [1.807, 2.05) is 31.2 Å². The van der Waals surface area contributed by atoms with Crippen molar-refractivity contribution in [3.05, 3.63) is 101 Å². The lowest BCUT2D eigenvalue weighted by Gasteiger charge is -2.10. The smallest absolute Gasteiger partial charge is 0.307 e. The van der Waals surface area contributed by atoms with Gasteiger partial charge in [-0.2, -0.15) is 5.26 Å². The van der Waals surface area contributed by atoms with Gasteiger partial charge in [0.2, 0.25) is 0 Å². The zero-order chi connectivity index (χ0) is 23.4. The zero-order valence-electron chi connectivity index (χ0n) is 18.1. The maximum atomic E-state index is 13.2. The number of carboxylic acid groups (broad SMARTS) is 1. The third-order valence-electron chi connectivity index (χ3n) is 5.51. The first kappa shape index (κ1) is 21.8. The lowest BCUT2D eigenvalue weighted by molar-refractivity contribution is -0.136. The number of benzene rings is 3. The molecule has 0 atom stereocenters. The van der Waals surface area contributed by atoms with Gasteiger partial charge in [-0.05, 0) is 66.6 Å². The molecule has 1 aromatic heterocycles. The summed E-state index contributed by atoms with van der Waals surface area (Å²) < 4.78 is 7.41. The fraction of sp³-hybridized carbons (Fsp3) is 0.148. The number of hydrogen-bond donors (Lipinski definition) is 1. The van der Waals surface area contributed by atoms with Crippen molar-refractivity contribution < 1.29 is 19.4 Å². The molecule has 0 radical (unpaired) electrons. The summed E-state index contributed by atoms with van der Waals surface area (Å²) in [4.78, 5) is 24.4. The molecule has 0 saturated carbocycles. The van der Waals surface area contributed by atoms with Crippen LogP contribution in [0.5, 0.6) is 5.75 Å². The molecule has 0 spiro atoms. The summed E-state index contributed by atoms with van der Waals surface area (Å²) >= 11 is 0. The number of nitrogens with zero attached hydrogens (tertiary/aromatic N) is 2. The van der Waals surface area contributed by atoms with E-state index in [0.29, 0.717) is 41.0 Å². The quantitative estimate of drug-likeness (QED) is 0.449. The summed E-state index contributed by atoms with van der Waals surface area (Å²) in [5.74, 6) is -0.425. The molecule has 0 aliphatic heterocycles. The van der Waals surface area contributed by atoms with Crippen LogP contribution < -0.4 is 4.74 Å². The number of aromatic nitrogens is 1. The molecule has 4 aromatic rings. The molecule has 164 valence electrons. The molecule has 0 amide bonds. The maximum absolute atomic E-state index is 13.2. The number of nitriles is 1. The van der Waals surface area contributed by atoms with Crippen molar-refractivity contribution in [2.75, 3.05) is 6.61 Å². The van der Waals surface area contributed by atoms with Crippen LogP contribution >= 0.6 is 0 Å². The van der Waals surface area contributed by atoms with Gasteiger partial charge in [0.15, 0.2) is 0 Å². The van der Waals surface area contributed by atoms with Crippen LogP contribution in [0, 0.1) is 18.3 Å².